The van der Waals surface area contributed by atoms with Crippen molar-refractivity contribution in [3.8, 4) is 11.3 Å². The summed E-state index contributed by atoms with van der Waals surface area (Å²) in [6, 6.07) is 5.43. The van der Waals surface area contributed by atoms with Crippen molar-refractivity contribution in [1.29, 1.82) is 0 Å². The third kappa shape index (κ3) is 2.58. The summed E-state index contributed by atoms with van der Waals surface area (Å²) in [5.41, 5.74) is 2.40. The highest BCUT2D eigenvalue weighted by Crippen LogP contribution is 2.45. The number of hydrogen-bond donors (Lipinski definition) is 0. The van der Waals surface area contributed by atoms with E-state index < -0.39 is 0 Å². The Morgan fingerprint density at radius 1 is 1.30 bits per heavy atom. The van der Waals surface area contributed by atoms with E-state index in [1.165, 1.54) is 0 Å². The summed E-state index contributed by atoms with van der Waals surface area (Å²) in [4.78, 5) is 0. The first kappa shape index (κ1) is 13.9. The maximum absolute atomic E-state index is 6.27. The monoisotopic (exact) mass is 311 g/mol. The van der Waals surface area contributed by atoms with E-state index in [9.17, 15) is 0 Å². The Labute approximate surface area is 127 Å². The fraction of sp³-hybridized carbons (Fsp3) is 0.400. The Balaban J connectivity index is 2.08. The van der Waals surface area contributed by atoms with Gasteiger partial charge in [0.25, 0.3) is 0 Å². The van der Waals surface area contributed by atoms with Gasteiger partial charge in [-0.25, -0.2) is 0 Å². The normalized spacial score (nSPS) is 14.8. The highest BCUT2D eigenvalue weighted by atomic mass is 35.5. The molecular formula is C15H15Cl2NO2. The van der Waals surface area contributed by atoms with Gasteiger partial charge in [0.05, 0.1) is 16.7 Å². The Morgan fingerprint density at radius 2 is 2.00 bits per heavy atom. The van der Waals surface area contributed by atoms with E-state index in [1.54, 1.807) is 12.1 Å². The average Bonchev–Trinajstić information content (AvgIpc) is 3.19. The third-order valence-electron chi connectivity index (χ3n) is 3.42. The van der Waals surface area contributed by atoms with Gasteiger partial charge in [0.1, 0.15) is 11.5 Å². The summed E-state index contributed by atoms with van der Waals surface area (Å²) >= 11 is 12.5. The van der Waals surface area contributed by atoms with Crippen molar-refractivity contribution in [3.63, 3.8) is 0 Å². The summed E-state index contributed by atoms with van der Waals surface area (Å²) in [5.74, 6) is 1.39. The topological polar surface area (TPSA) is 35.3 Å². The lowest BCUT2D eigenvalue weighted by Gasteiger charge is -2.07. The lowest BCUT2D eigenvalue weighted by atomic mass is 10.0. The molecule has 5 heteroatoms. The van der Waals surface area contributed by atoms with Crippen molar-refractivity contribution in [1.82, 2.24) is 5.16 Å². The van der Waals surface area contributed by atoms with Crippen LogP contribution in [0, 0.1) is 0 Å². The Morgan fingerprint density at radius 3 is 2.60 bits per heavy atom. The Hall–Kier alpha value is -1.03. The van der Waals surface area contributed by atoms with E-state index in [2.05, 4.69) is 5.16 Å². The molecule has 0 spiro atoms. The number of ether oxygens (including phenoxy) is 1. The molecule has 0 bridgehead atoms. The first-order valence-electron chi connectivity index (χ1n) is 6.73. The van der Waals surface area contributed by atoms with E-state index in [0.29, 0.717) is 34.9 Å². The van der Waals surface area contributed by atoms with Crippen LogP contribution in [0.1, 0.15) is 37.0 Å². The molecule has 0 radical (unpaired) electrons. The number of hydrogen-bond acceptors (Lipinski definition) is 3. The van der Waals surface area contributed by atoms with Crippen LogP contribution < -0.4 is 0 Å². The zero-order valence-corrected chi connectivity index (χ0v) is 12.7. The second-order valence-electron chi connectivity index (χ2n) is 4.88. The summed E-state index contributed by atoms with van der Waals surface area (Å²) < 4.78 is 11.1. The molecule has 1 saturated carbocycles. The van der Waals surface area contributed by atoms with Crippen LogP contribution in [0.2, 0.25) is 10.0 Å². The predicted octanol–water partition coefficient (Wildman–Crippen LogP) is 5.06. The molecule has 2 aromatic rings. The Kier molecular flexibility index (Phi) is 4.01. The maximum Gasteiger partial charge on any atom is 0.145 e. The maximum atomic E-state index is 6.27. The molecule has 1 fully saturated rings. The summed E-state index contributed by atoms with van der Waals surface area (Å²) in [6.07, 6.45) is 2.29. The average molecular weight is 312 g/mol. The largest absolute Gasteiger partial charge is 0.377 e. The molecule has 3 nitrogen and oxygen atoms in total. The van der Waals surface area contributed by atoms with Crippen molar-refractivity contribution in [3.05, 3.63) is 39.6 Å². The van der Waals surface area contributed by atoms with Gasteiger partial charge in [-0.05, 0) is 31.9 Å². The highest BCUT2D eigenvalue weighted by molar-refractivity contribution is 6.39. The zero-order valence-electron chi connectivity index (χ0n) is 11.2. The van der Waals surface area contributed by atoms with E-state index in [-0.39, 0.29) is 0 Å². The van der Waals surface area contributed by atoms with E-state index >= 15 is 0 Å². The fourth-order valence-electron chi connectivity index (χ4n) is 2.25. The first-order chi connectivity index (χ1) is 9.72. The number of benzene rings is 1. The molecule has 0 N–H and O–H groups in total. The molecule has 0 amide bonds. The molecule has 20 heavy (non-hydrogen) atoms. The van der Waals surface area contributed by atoms with E-state index in [1.807, 2.05) is 13.0 Å². The van der Waals surface area contributed by atoms with Gasteiger partial charge in [-0.2, -0.15) is 0 Å². The fourth-order valence-corrected chi connectivity index (χ4v) is 2.83. The summed E-state index contributed by atoms with van der Waals surface area (Å²) in [7, 11) is 0. The van der Waals surface area contributed by atoms with Crippen LogP contribution in [0.25, 0.3) is 11.3 Å². The molecular weight excluding hydrogens is 297 g/mol. The minimum absolute atomic E-state index is 0.466. The summed E-state index contributed by atoms with van der Waals surface area (Å²) in [6.45, 7) is 3.08. The number of aromatic nitrogens is 1. The molecule has 1 heterocycles. The van der Waals surface area contributed by atoms with Gasteiger partial charge in [0, 0.05) is 23.7 Å². The minimum Gasteiger partial charge on any atom is -0.377 e. The van der Waals surface area contributed by atoms with Crippen molar-refractivity contribution in [2.75, 3.05) is 6.61 Å². The van der Waals surface area contributed by atoms with Crippen LogP contribution in [0.5, 0.6) is 0 Å². The van der Waals surface area contributed by atoms with E-state index in [4.69, 9.17) is 32.5 Å². The first-order valence-corrected chi connectivity index (χ1v) is 7.48. The van der Waals surface area contributed by atoms with Crippen LogP contribution in [-0.4, -0.2) is 11.8 Å². The van der Waals surface area contributed by atoms with Crippen molar-refractivity contribution < 1.29 is 9.26 Å². The SMILES string of the molecule is CCOCc1c(-c2c(Cl)cccc2Cl)noc1C1CC1. The van der Waals surface area contributed by atoms with Crippen LogP contribution in [-0.2, 0) is 11.3 Å². The van der Waals surface area contributed by atoms with Gasteiger partial charge in [-0.1, -0.05) is 34.4 Å². The smallest absolute Gasteiger partial charge is 0.145 e. The number of halogens is 2. The van der Waals surface area contributed by atoms with Crippen LogP contribution in [0.3, 0.4) is 0 Å². The molecule has 3 rings (SSSR count). The molecule has 1 aromatic carbocycles. The molecule has 0 atom stereocenters. The molecule has 1 aliphatic carbocycles. The zero-order chi connectivity index (χ0) is 14.1. The molecule has 106 valence electrons. The standard InChI is InChI=1S/C15H15Cl2NO2/c1-2-19-8-10-14(18-20-15(10)9-6-7-9)13-11(16)4-3-5-12(13)17/h3-5,9H,2,6-8H2,1H3. The quantitative estimate of drug-likeness (QED) is 0.774. The lowest BCUT2D eigenvalue weighted by molar-refractivity contribution is 0.133. The third-order valence-corrected chi connectivity index (χ3v) is 4.05. The molecule has 0 saturated heterocycles. The van der Waals surface area contributed by atoms with Crippen LogP contribution in [0.15, 0.2) is 22.7 Å². The van der Waals surface area contributed by atoms with Gasteiger partial charge in [0.15, 0.2) is 0 Å². The van der Waals surface area contributed by atoms with Gasteiger partial charge < -0.3 is 9.26 Å². The Bertz CT molecular complexity index is 600. The number of nitrogens with zero attached hydrogens (tertiary/aromatic N) is 1. The van der Waals surface area contributed by atoms with Gasteiger partial charge in [0.2, 0.25) is 0 Å². The molecule has 1 aliphatic rings. The molecule has 0 aliphatic heterocycles. The van der Waals surface area contributed by atoms with Gasteiger partial charge in [-0.15, -0.1) is 0 Å². The van der Waals surface area contributed by atoms with Crippen LogP contribution >= 0.6 is 23.2 Å². The second kappa shape index (κ2) is 5.76. The van der Waals surface area contributed by atoms with Gasteiger partial charge in [-0.3, -0.25) is 0 Å². The minimum atomic E-state index is 0.466. The molecule has 0 unspecified atom stereocenters. The number of rotatable bonds is 5. The highest BCUT2D eigenvalue weighted by Gasteiger charge is 2.33. The molecule has 1 aromatic heterocycles. The van der Waals surface area contributed by atoms with Crippen molar-refractivity contribution in [2.24, 2.45) is 0 Å². The van der Waals surface area contributed by atoms with Crippen molar-refractivity contribution >= 4 is 23.2 Å². The second-order valence-corrected chi connectivity index (χ2v) is 5.70. The van der Waals surface area contributed by atoms with E-state index in [0.717, 1.165) is 29.7 Å². The summed E-state index contributed by atoms with van der Waals surface area (Å²) in [5, 5.41) is 5.35. The van der Waals surface area contributed by atoms with Gasteiger partial charge >= 0.3 is 0 Å². The predicted molar refractivity (Wildman–Crippen MR) is 79.3 cm³/mol. The lowest BCUT2D eigenvalue weighted by Crippen LogP contribution is -1.97. The van der Waals surface area contributed by atoms with Crippen molar-refractivity contribution in [2.45, 2.75) is 32.3 Å². The van der Waals surface area contributed by atoms with Crippen LogP contribution in [0.4, 0.5) is 0 Å².